The van der Waals surface area contributed by atoms with Gasteiger partial charge in [0.15, 0.2) is 5.82 Å². The molecule has 0 aliphatic rings. The Morgan fingerprint density at radius 1 is 1.10 bits per heavy atom. The van der Waals surface area contributed by atoms with E-state index in [0.717, 1.165) is 5.56 Å². The molecule has 0 N–H and O–H groups in total. The van der Waals surface area contributed by atoms with Crippen LogP contribution in [0.2, 0.25) is 0 Å². The summed E-state index contributed by atoms with van der Waals surface area (Å²) in [7, 11) is 0. The molecule has 0 radical (unpaired) electrons. The van der Waals surface area contributed by atoms with Gasteiger partial charge < -0.3 is 0 Å². The first-order valence-corrected chi connectivity index (χ1v) is 6.40. The van der Waals surface area contributed by atoms with Gasteiger partial charge in [0.1, 0.15) is 0 Å². The molecule has 104 valence electrons. The van der Waals surface area contributed by atoms with Gasteiger partial charge in [-0.3, -0.25) is 4.52 Å². The van der Waals surface area contributed by atoms with Crippen molar-refractivity contribution < 1.29 is 4.52 Å². The Kier molecular flexibility index (Phi) is 3.68. The SMILES string of the molecule is O=c1onc(-c2ncccn2)n1CC=Cc1ccccc1. The van der Waals surface area contributed by atoms with Crippen molar-refractivity contribution in [3.8, 4) is 11.6 Å². The Labute approximate surface area is 120 Å². The molecule has 6 heteroatoms. The molecule has 0 bridgehead atoms. The number of aromatic nitrogens is 4. The number of nitrogens with zero attached hydrogens (tertiary/aromatic N) is 4. The van der Waals surface area contributed by atoms with Crippen LogP contribution in [-0.2, 0) is 6.54 Å². The highest BCUT2D eigenvalue weighted by molar-refractivity contribution is 5.49. The zero-order valence-corrected chi connectivity index (χ0v) is 11.1. The molecule has 3 aromatic rings. The fourth-order valence-corrected chi connectivity index (χ4v) is 1.86. The second-order valence-electron chi connectivity index (χ2n) is 4.27. The first-order chi connectivity index (χ1) is 10.3. The summed E-state index contributed by atoms with van der Waals surface area (Å²) in [6.45, 7) is 0.338. The van der Waals surface area contributed by atoms with Crippen LogP contribution in [0.15, 0.2) is 64.2 Å². The summed E-state index contributed by atoms with van der Waals surface area (Å²) in [6, 6.07) is 11.5. The first-order valence-electron chi connectivity index (χ1n) is 6.40. The average Bonchev–Trinajstić information content (AvgIpc) is 2.91. The van der Waals surface area contributed by atoms with Gasteiger partial charge in [0.05, 0.1) is 0 Å². The van der Waals surface area contributed by atoms with E-state index in [-0.39, 0.29) is 0 Å². The zero-order valence-electron chi connectivity index (χ0n) is 11.1. The molecule has 6 nitrogen and oxygen atoms in total. The van der Waals surface area contributed by atoms with E-state index in [2.05, 4.69) is 15.1 Å². The summed E-state index contributed by atoms with van der Waals surface area (Å²) < 4.78 is 6.08. The number of allylic oxidation sites excluding steroid dienone is 1. The predicted molar refractivity (Wildman–Crippen MR) is 77.3 cm³/mol. The van der Waals surface area contributed by atoms with Crippen LogP contribution in [-0.4, -0.2) is 19.7 Å². The average molecular weight is 280 g/mol. The Morgan fingerprint density at radius 2 is 1.86 bits per heavy atom. The maximum absolute atomic E-state index is 11.7. The van der Waals surface area contributed by atoms with Gasteiger partial charge in [0.25, 0.3) is 0 Å². The minimum atomic E-state index is -0.532. The van der Waals surface area contributed by atoms with Crippen molar-refractivity contribution in [3.63, 3.8) is 0 Å². The van der Waals surface area contributed by atoms with E-state index in [1.165, 1.54) is 4.57 Å². The summed E-state index contributed by atoms with van der Waals surface area (Å²) >= 11 is 0. The standard InChI is InChI=1S/C15H12N4O2/c20-15-19(11-4-8-12-6-2-1-3-7-12)14(18-21-15)13-16-9-5-10-17-13/h1-10H,11H2. The van der Waals surface area contributed by atoms with Gasteiger partial charge in [0.2, 0.25) is 5.82 Å². The van der Waals surface area contributed by atoms with Crippen LogP contribution in [0.5, 0.6) is 0 Å². The van der Waals surface area contributed by atoms with E-state index in [1.54, 1.807) is 18.5 Å². The van der Waals surface area contributed by atoms with E-state index in [1.807, 2.05) is 42.5 Å². The molecule has 0 spiro atoms. The first kappa shape index (κ1) is 13.0. The minimum absolute atomic E-state index is 0.318. The van der Waals surface area contributed by atoms with Crippen molar-refractivity contribution >= 4 is 6.08 Å². The van der Waals surface area contributed by atoms with Crippen molar-refractivity contribution in [1.29, 1.82) is 0 Å². The third-order valence-corrected chi connectivity index (χ3v) is 2.85. The molecule has 0 aliphatic heterocycles. The largest absolute Gasteiger partial charge is 0.442 e. The lowest BCUT2D eigenvalue weighted by atomic mass is 10.2. The summed E-state index contributed by atoms with van der Waals surface area (Å²) in [5, 5.41) is 3.73. The van der Waals surface area contributed by atoms with Crippen molar-refractivity contribution in [1.82, 2.24) is 19.7 Å². The van der Waals surface area contributed by atoms with Crippen LogP contribution in [0.25, 0.3) is 17.7 Å². The molecule has 21 heavy (non-hydrogen) atoms. The quantitative estimate of drug-likeness (QED) is 0.730. The van der Waals surface area contributed by atoms with Gasteiger partial charge >= 0.3 is 5.76 Å². The van der Waals surface area contributed by atoms with E-state index < -0.39 is 5.76 Å². The Bertz CT molecular complexity index is 791. The maximum Gasteiger partial charge on any atom is 0.442 e. The maximum atomic E-state index is 11.7. The molecule has 3 rings (SSSR count). The molecule has 0 fully saturated rings. The monoisotopic (exact) mass is 280 g/mol. The Morgan fingerprint density at radius 3 is 2.62 bits per heavy atom. The lowest BCUT2D eigenvalue weighted by Gasteiger charge is -1.99. The Hall–Kier alpha value is -3.02. The topological polar surface area (TPSA) is 73.8 Å². The van der Waals surface area contributed by atoms with Gasteiger partial charge in [-0.05, 0) is 11.6 Å². The van der Waals surface area contributed by atoms with Crippen LogP contribution < -0.4 is 5.76 Å². The summed E-state index contributed by atoms with van der Waals surface area (Å²) in [5.74, 6) is 0.143. The van der Waals surface area contributed by atoms with E-state index >= 15 is 0 Å². The fourth-order valence-electron chi connectivity index (χ4n) is 1.86. The fraction of sp³-hybridized carbons (Fsp3) is 0.0667. The molecule has 1 aromatic carbocycles. The molecular formula is C15H12N4O2. The zero-order chi connectivity index (χ0) is 14.5. The second kappa shape index (κ2) is 5.96. The summed E-state index contributed by atoms with van der Waals surface area (Å²) in [5.41, 5.74) is 1.06. The Balaban J connectivity index is 1.85. The molecule has 0 saturated heterocycles. The molecular weight excluding hydrogens is 268 g/mol. The van der Waals surface area contributed by atoms with Crippen molar-refractivity contribution in [2.75, 3.05) is 0 Å². The number of hydrogen-bond acceptors (Lipinski definition) is 5. The van der Waals surface area contributed by atoms with Crippen molar-refractivity contribution in [3.05, 3.63) is 71.0 Å². The minimum Gasteiger partial charge on any atom is -0.295 e. The van der Waals surface area contributed by atoms with Crippen LogP contribution in [0.4, 0.5) is 0 Å². The summed E-state index contributed by atoms with van der Waals surface area (Å²) in [4.78, 5) is 19.8. The molecule has 0 atom stereocenters. The number of rotatable bonds is 4. The van der Waals surface area contributed by atoms with Gasteiger partial charge in [-0.25, -0.2) is 19.3 Å². The molecule has 2 heterocycles. The second-order valence-corrected chi connectivity index (χ2v) is 4.27. The molecule has 0 unspecified atom stereocenters. The normalized spacial score (nSPS) is 11.0. The lowest BCUT2D eigenvalue weighted by molar-refractivity contribution is 0.378. The highest BCUT2D eigenvalue weighted by atomic mass is 16.5. The summed E-state index contributed by atoms with van der Waals surface area (Å²) in [6.07, 6.45) is 6.96. The van der Waals surface area contributed by atoms with Crippen molar-refractivity contribution in [2.45, 2.75) is 6.54 Å². The van der Waals surface area contributed by atoms with E-state index in [4.69, 9.17) is 4.52 Å². The smallest absolute Gasteiger partial charge is 0.295 e. The molecule has 0 aliphatic carbocycles. The van der Waals surface area contributed by atoms with Gasteiger partial charge in [-0.1, -0.05) is 47.6 Å². The third kappa shape index (κ3) is 2.94. The highest BCUT2D eigenvalue weighted by Gasteiger charge is 2.13. The molecule has 0 saturated carbocycles. The van der Waals surface area contributed by atoms with Gasteiger partial charge in [-0.15, -0.1) is 0 Å². The lowest BCUT2D eigenvalue weighted by Crippen LogP contribution is -2.15. The molecule has 0 amide bonds. The van der Waals surface area contributed by atoms with Crippen LogP contribution in [0.3, 0.4) is 0 Å². The number of hydrogen-bond donors (Lipinski definition) is 0. The van der Waals surface area contributed by atoms with Gasteiger partial charge in [0, 0.05) is 18.9 Å². The van der Waals surface area contributed by atoms with E-state index in [9.17, 15) is 4.79 Å². The number of benzene rings is 1. The molecule has 2 aromatic heterocycles. The third-order valence-electron chi connectivity index (χ3n) is 2.85. The van der Waals surface area contributed by atoms with E-state index in [0.29, 0.717) is 18.2 Å². The van der Waals surface area contributed by atoms with Crippen LogP contribution in [0.1, 0.15) is 5.56 Å². The van der Waals surface area contributed by atoms with Gasteiger partial charge in [-0.2, -0.15) is 0 Å². The van der Waals surface area contributed by atoms with Crippen LogP contribution in [0, 0.1) is 0 Å². The van der Waals surface area contributed by atoms with Crippen molar-refractivity contribution in [2.24, 2.45) is 0 Å². The van der Waals surface area contributed by atoms with Crippen LogP contribution >= 0.6 is 0 Å². The highest BCUT2D eigenvalue weighted by Crippen LogP contribution is 2.09. The predicted octanol–water partition coefficient (Wildman–Crippen LogP) is 2.01.